The number of ether oxygens (including phenoxy) is 3. The van der Waals surface area contributed by atoms with Gasteiger partial charge in [-0.2, -0.15) is 0 Å². The van der Waals surface area contributed by atoms with E-state index in [4.69, 9.17) is 24.2 Å². The van der Waals surface area contributed by atoms with E-state index < -0.39 is 6.10 Å². The number of rotatable bonds is 9. The Kier molecular flexibility index (Phi) is 7.92. The summed E-state index contributed by atoms with van der Waals surface area (Å²) in [4.78, 5) is 28.1. The van der Waals surface area contributed by atoms with E-state index in [1.165, 1.54) is 0 Å². The second kappa shape index (κ2) is 11.5. The summed E-state index contributed by atoms with van der Waals surface area (Å²) < 4.78 is 16.7. The molecule has 2 atom stereocenters. The van der Waals surface area contributed by atoms with Crippen molar-refractivity contribution in [3.05, 3.63) is 30.3 Å². The van der Waals surface area contributed by atoms with E-state index >= 15 is 0 Å². The molecule has 4 heterocycles. The van der Waals surface area contributed by atoms with Crippen LogP contribution in [0.5, 0.6) is 5.75 Å². The molecule has 11 heteroatoms. The van der Waals surface area contributed by atoms with Crippen LogP contribution in [0.1, 0.15) is 12.8 Å². The van der Waals surface area contributed by atoms with Gasteiger partial charge in [-0.25, -0.2) is 14.8 Å². The van der Waals surface area contributed by atoms with E-state index in [2.05, 4.69) is 22.2 Å². The van der Waals surface area contributed by atoms with Crippen molar-refractivity contribution in [2.45, 2.75) is 31.0 Å². The molecule has 3 saturated heterocycles. The molecule has 3 aliphatic heterocycles. The zero-order chi connectivity index (χ0) is 25.8. The van der Waals surface area contributed by atoms with E-state index in [-0.39, 0.29) is 18.7 Å². The summed E-state index contributed by atoms with van der Waals surface area (Å²) in [5.74, 6) is 2.93. The monoisotopic (exact) mass is 512 g/mol. The summed E-state index contributed by atoms with van der Waals surface area (Å²) >= 11 is 0. The molecule has 1 aromatic heterocycles. The molecule has 0 saturated carbocycles. The van der Waals surface area contributed by atoms with Gasteiger partial charge >= 0.3 is 6.09 Å². The first kappa shape index (κ1) is 25.5. The topological polar surface area (TPSA) is 113 Å². The Balaban J connectivity index is 1.43. The minimum atomic E-state index is -0.599. The maximum Gasteiger partial charge on any atom is 0.410 e. The van der Waals surface area contributed by atoms with Gasteiger partial charge in [0, 0.05) is 64.1 Å². The number of nitrogens with zero attached hydrogens (tertiary/aromatic N) is 5. The van der Waals surface area contributed by atoms with Gasteiger partial charge in [0.1, 0.15) is 36.7 Å². The molecule has 3 fully saturated rings. The van der Waals surface area contributed by atoms with Crippen LogP contribution < -0.4 is 19.9 Å². The summed E-state index contributed by atoms with van der Waals surface area (Å²) in [7, 11) is 3.87. The number of hydrogen-bond acceptors (Lipinski definition) is 10. The van der Waals surface area contributed by atoms with Crippen LogP contribution in [0.2, 0.25) is 0 Å². The first-order valence-electron chi connectivity index (χ1n) is 13.0. The Morgan fingerprint density at radius 1 is 1.24 bits per heavy atom. The van der Waals surface area contributed by atoms with Crippen LogP contribution in [0.25, 0.3) is 11.4 Å². The van der Waals surface area contributed by atoms with Crippen LogP contribution in [0.4, 0.5) is 16.4 Å². The third-order valence-corrected chi connectivity index (χ3v) is 7.21. The van der Waals surface area contributed by atoms with Crippen molar-refractivity contribution in [3.63, 3.8) is 0 Å². The van der Waals surface area contributed by atoms with Crippen LogP contribution in [-0.2, 0) is 9.47 Å². The zero-order valence-electron chi connectivity index (χ0n) is 21.5. The number of likely N-dealkylation sites (N-methyl/N-ethyl adjacent to an activating group) is 1. The lowest BCUT2D eigenvalue weighted by Gasteiger charge is -2.37. The highest BCUT2D eigenvalue weighted by atomic mass is 16.6. The van der Waals surface area contributed by atoms with Gasteiger partial charge in [0.25, 0.3) is 0 Å². The third kappa shape index (κ3) is 5.89. The number of carbonyl (C=O) groups is 1. The summed E-state index contributed by atoms with van der Waals surface area (Å²) in [6.45, 7) is 4.48. The van der Waals surface area contributed by atoms with E-state index in [0.717, 1.165) is 43.3 Å². The van der Waals surface area contributed by atoms with Gasteiger partial charge in [-0.1, -0.05) is 12.1 Å². The number of carbonyl (C=O) groups excluding carboxylic acids is 1. The SMILES string of the molecule is CNCC(O)COc1cccc(-c2nc(N3CCN4C(=O)OCC4C3)cc(N(C)C3CCOCC3)n2)c1. The normalized spacial score (nSPS) is 20.9. The lowest BCUT2D eigenvalue weighted by molar-refractivity contribution is 0.0853. The highest BCUT2D eigenvalue weighted by Crippen LogP contribution is 2.30. The second-order valence-corrected chi connectivity index (χ2v) is 9.78. The Labute approximate surface area is 217 Å². The maximum atomic E-state index is 12.0. The molecule has 2 N–H and O–H groups in total. The summed E-state index contributed by atoms with van der Waals surface area (Å²) in [5.41, 5.74) is 0.835. The van der Waals surface area contributed by atoms with Gasteiger partial charge in [0.15, 0.2) is 5.82 Å². The summed E-state index contributed by atoms with van der Waals surface area (Å²) in [6.07, 6.45) is 1.07. The molecule has 0 radical (unpaired) electrons. The van der Waals surface area contributed by atoms with E-state index in [1.807, 2.05) is 30.3 Å². The Morgan fingerprint density at radius 3 is 2.89 bits per heavy atom. The number of aliphatic hydroxyl groups excluding tert-OH is 1. The lowest BCUT2D eigenvalue weighted by Crippen LogP contribution is -2.52. The first-order chi connectivity index (χ1) is 18.0. The second-order valence-electron chi connectivity index (χ2n) is 9.78. The third-order valence-electron chi connectivity index (χ3n) is 7.21. The Bertz CT molecular complexity index is 1080. The molecule has 200 valence electrons. The summed E-state index contributed by atoms with van der Waals surface area (Å²) in [6, 6.07) is 10.1. The average Bonchev–Trinajstić information content (AvgIpc) is 3.32. The molecule has 3 aliphatic rings. The van der Waals surface area contributed by atoms with Crippen molar-refractivity contribution in [1.82, 2.24) is 20.2 Å². The molecule has 37 heavy (non-hydrogen) atoms. The number of piperazine rings is 1. The van der Waals surface area contributed by atoms with Crippen LogP contribution in [0, 0.1) is 0 Å². The smallest absolute Gasteiger partial charge is 0.410 e. The predicted molar refractivity (Wildman–Crippen MR) is 139 cm³/mol. The van der Waals surface area contributed by atoms with E-state index in [1.54, 1.807) is 11.9 Å². The molecular formula is C26H36N6O5. The van der Waals surface area contributed by atoms with E-state index in [0.29, 0.717) is 50.4 Å². The number of fused-ring (bicyclic) bond motifs is 1. The van der Waals surface area contributed by atoms with Crippen LogP contribution in [0.15, 0.2) is 30.3 Å². The minimum Gasteiger partial charge on any atom is -0.491 e. The number of hydrogen-bond donors (Lipinski definition) is 2. The van der Waals surface area contributed by atoms with Gasteiger partial charge < -0.3 is 34.4 Å². The van der Waals surface area contributed by atoms with Crippen molar-refractivity contribution in [3.8, 4) is 17.1 Å². The Hall–Kier alpha value is -3.15. The molecule has 11 nitrogen and oxygen atoms in total. The number of amides is 1. The summed E-state index contributed by atoms with van der Waals surface area (Å²) in [5, 5.41) is 13.0. The number of aromatic nitrogens is 2. The zero-order valence-corrected chi connectivity index (χ0v) is 21.5. The van der Waals surface area contributed by atoms with Crippen molar-refractivity contribution in [1.29, 1.82) is 0 Å². The van der Waals surface area contributed by atoms with Gasteiger partial charge in [-0.15, -0.1) is 0 Å². The fourth-order valence-electron chi connectivity index (χ4n) is 5.06. The van der Waals surface area contributed by atoms with Gasteiger partial charge in [0.2, 0.25) is 0 Å². The molecule has 2 aromatic rings. The van der Waals surface area contributed by atoms with Crippen LogP contribution >= 0.6 is 0 Å². The van der Waals surface area contributed by atoms with Crippen molar-refractivity contribution in [2.75, 3.05) is 76.5 Å². The number of nitrogens with one attached hydrogen (secondary N) is 1. The number of anilines is 2. The van der Waals surface area contributed by atoms with Crippen molar-refractivity contribution < 1.29 is 24.1 Å². The fourth-order valence-corrected chi connectivity index (χ4v) is 5.06. The molecule has 1 aromatic carbocycles. The molecule has 0 bridgehead atoms. The fraction of sp³-hybridized carbons (Fsp3) is 0.577. The molecular weight excluding hydrogens is 476 g/mol. The minimum absolute atomic E-state index is 0.0251. The maximum absolute atomic E-state index is 12.0. The number of cyclic esters (lactones) is 1. The van der Waals surface area contributed by atoms with Gasteiger partial charge in [0.05, 0.1) is 6.04 Å². The molecule has 0 aliphatic carbocycles. The average molecular weight is 513 g/mol. The van der Waals surface area contributed by atoms with Crippen molar-refractivity contribution in [2.24, 2.45) is 0 Å². The van der Waals surface area contributed by atoms with Gasteiger partial charge in [-0.3, -0.25) is 4.90 Å². The highest BCUT2D eigenvalue weighted by molar-refractivity contribution is 5.71. The number of aliphatic hydroxyl groups is 1. The Morgan fingerprint density at radius 2 is 2.08 bits per heavy atom. The number of benzene rings is 1. The van der Waals surface area contributed by atoms with Crippen LogP contribution in [-0.4, -0.2) is 111 Å². The molecule has 5 rings (SSSR count). The largest absolute Gasteiger partial charge is 0.491 e. The van der Waals surface area contributed by atoms with E-state index in [9.17, 15) is 9.90 Å². The first-order valence-corrected chi connectivity index (χ1v) is 13.0. The highest BCUT2D eigenvalue weighted by Gasteiger charge is 2.38. The molecule has 2 unspecified atom stereocenters. The van der Waals surface area contributed by atoms with Crippen molar-refractivity contribution >= 4 is 17.7 Å². The molecule has 1 amide bonds. The quantitative estimate of drug-likeness (QED) is 0.511. The predicted octanol–water partition coefficient (Wildman–Crippen LogP) is 1.36. The molecule has 0 spiro atoms. The van der Waals surface area contributed by atoms with Gasteiger partial charge in [-0.05, 0) is 32.0 Å². The van der Waals surface area contributed by atoms with Crippen LogP contribution in [0.3, 0.4) is 0 Å². The standard InChI is InChI=1S/C26H36N6O5/c1-27-14-21(33)17-36-22-5-3-4-18(12-22)25-28-23(30(2)19-6-10-35-11-7-19)13-24(29-25)31-8-9-32-20(15-31)16-37-26(32)34/h3-5,12-13,19-21,27,33H,6-11,14-17H2,1-2H3. The lowest BCUT2D eigenvalue weighted by atomic mass is 10.1.